The first-order valence-electron chi connectivity index (χ1n) is 2.83. The zero-order valence-electron chi connectivity index (χ0n) is 5.59. The van der Waals surface area contributed by atoms with E-state index in [2.05, 4.69) is 0 Å². The Labute approximate surface area is 81.7 Å². The van der Waals surface area contributed by atoms with Crippen LogP contribution in [0.4, 0.5) is 8.78 Å². The molecule has 0 aliphatic heterocycles. The third-order valence-corrected chi connectivity index (χ3v) is 2.53. The molecular weight excluding hydrogens is 284 g/mol. The molecular formula is C7H4ClF2I. The first kappa shape index (κ1) is 9.19. The number of aryl methyl sites for hydroxylation is 1. The molecule has 0 atom stereocenters. The predicted molar refractivity (Wildman–Crippen MR) is 48.8 cm³/mol. The number of hydrogen-bond donors (Lipinski definition) is 0. The predicted octanol–water partition coefficient (Wildman–Crippen LogP) is 3.53. The van der Waals surface area contributed by atoms with Gasteiger partial charge in [0, 0.05) is 0 Å². The molecule has 1 aromatic rings. The van der Waals surface area contributed by atoms with Crippen molar-refractivity contribution in [1.29, 1.82) is 0 Å². The van der Waals surface area contributed by atoms with E-state index in [1.54, 1.807) is 29.5 Å². The van der Waals surface area contributed by atoms with Gasteiger partial charge in [-0.25, -0.2) is 8.78 Å². The monoisotopic (exact) mass is 288 g/mol. The van der Waals surface area contributed by atoms with Crippen LogP contribution in [0.15, 0.2) is 6.07 Å². The van der Waals surface area contributed by atoms with E-state index >= 15 is 0 Å². The summed E-state index contributed by atoms with van der Waals surface area (Å²) < 4.78 is 25.7. The minimum Gasteiger partial charge on any atom is -0.203 e. The van der Waals surface area contributed by atoms with Gasteiger partial charge in [0.25, 0.3) is 0 Å². The summed E-state index contributed by atoms with van der Waals surface area (Å²) in [6, 6.07) is 1.50. The molecule has 0 aromatic heterocycles. The minimum atomic E-state index is -0.962. The summed E-state index contributed by atoms with van der Waals surface area (Å²) >= 11 is 7.16. The van der Waals surface area contributed by atoms with Crippen molar-refractivity contribution in [3.63, 3.8) is 0 Å². The van der Waals surface area contributed by atoms with Crippen molar-refractivity contribution in [2.75, 3.05) is 0 Å². The quantitative estimate of drug-likeness (QED) is 0.389. The van der Waals surface area contributed by atoms with Crippen LogP contribution >= 0.6 is 34.2 Å². The Morgan fingerprint density at radius 3 is 2.45 bits per heavy atom. The van der Waals surface area contributed by atoms with Crippen LogP contribution in [-0.2, 0) is 0 Å². The summed E-state index contributed by atoms with van der Waals surface area (Å²) in [6.07, 6.45) is 0. The summed E-state index contributed by atoms with van der Waals surface area (Å²) in [7, 11) is 0. The lowest BCUT2D eigenvalue weighted by Gasteiger charge is -2.01. The number of halogens is 4. The van der Waals surface area contributed by atoms with Crippen LogP contribution in [0.25, 0.3) is 0 Å². The van der Waals surface area contributed by atoms with Gasteiger partial charge in [0.05, 0.1) is 8.59 Å². The van der Waals surface area contributed by atoms with E-state index in [4.69, 9.17) is 11.6 Å². The molecule has 60 valence electrons. The lowest BCUT2D eigenvalue weighted by molar-refractivity contribution is 0.503. The van der Waals surface area contributed by atoms with Crippen LogP contribution in [0, 0.1) is 22.1 Å². The molecule has 1 rings (SSSR count). The van der Waals surface area contributed by atoms with E-state index in [1.807, 2.05) is 0 Å². The van der Waals surface area contributed by atoms with E-state index in [0.717, 1.165) is 0 Å². The molecule has 0 heterocycles. The van der Waals surface area contributed by atoms with Gasteiger partial charge in [0.1, 0.15) is 0 Å². The molecule has 0 aliphatic carbocycles. The van der Waals surface area contributed by atoms with Gasteiger partial charge in [-0.3, -0.25) is 0 Å². The molecule has 0 N–H and O–H groups in total. The van der Waals surface area contributed by atoms with Gasteiger partial charge in [-0.2, -0.15) is 0 Å². The number of benzene rings is 1. The maximum absolute atomic E-state index is 12.7. The van der Waals surface area contributed by atoms with Crippen LogP contribution in [0.2, 0.25) is 5.02 Å². The fraction of sp³-hybridized carbons (Fsp3) is 0.143. The topological polar surface area (TPSA) is 0 Å². The van der Waals surface area contributed by atoms with E-state index < -0.39 is 11.6 Å². The van der Waals surface area contributed by atoms with Crippen molar-refractivity contribution < 1.29 is 8.78 Å². The van der Waals surface area contributed by atoms with Crippen molar-refractivity contribution in [3.8, 4) is 0 Å². The highest BCUT2D eigenvalue weighted by Crippen LogP contribution is 2.25. The summed E-state index contributed by atoms with van der Waals surface area (Å²) in [5, 5.41) is -0.136. The molecule has 1 aromatic carbocycles. The molecule has 0 saturated heterocycles. The van der Waals surface area contributed by atoms with Gasteiger partial charge in [0.15, 0.2) is 11.6 Å². The molecule has 0 bridgehead atoms. The maximum atomic E-state index is 12.7. The second-order valence-electron chi connectivity index (χ2n) is 2.12. The molecule has 0 radical (unpaired) electrons. The van der Waals surface area contributed by atoms with Crippen LogP contribution in [0.5, 0.6) is 0 Å². The highest BCUT2D eigenvalue weighted by Gasteiger charge is 2.12. The largest absolute Gasteiger partial charge is 0.203 e. The Morgan fingerprint density at radius 2 is 1.91 bits per heavy atom. The van der Waals surface area contributed by atoms with Gasteiger partial charge in [0.2, 0.25) is 0 Å². The fourth-order valence-electron chi connectivity index (χ4n) is 0.691. The molecule has 0 nitrogen and oxygen atoms in total. The highest BCUT2D eigenvalue weighted by molar-refractivity contribution is 14.1. The standard InChI is InChI=1S/C7H4ClF2I/c1-3-2-4(11)6(9)7(10)5(3)8/h2H,1H3. The molecule has 4 heteroatoms. The van der Waals surface area contributed by atoms with Crippen molar-refractivity contribution in [1.82, 2.24) is 0 Å². The third-order valence-electron chi connectivity index (χ3n) is 1.28. The normalized spacial score (nSPS) is 10.3. The smallest absolute Gasteiger partial charge is 0.178 e. The second-order valence-corrected chi connectivity index (χ2v) is 3.66. The molecule has 0 fully saturated rings. The van der Waals surface area contributed by atoms with E-state index in [0.29, 0.717) is 5.56 Å². The first-order valence-corrected chi connectivity index (χ1v) is 4.29. The van der Waals surface area contributed by atoms with Gasteiger partial charge in [-0.15, -0.1) is 0 Å². The molecule has 11 heavy (non-hydrogen) atoms. The second kappa shape index (κ2) is 3.23. The molecule has 0 saturated carbocycles. The van der Waals surface area contributed by atoms with Crippen LogP contribution in [0.1, 0.15) is 5.56 Å². The first-order chi connectivity index (χ1) is 5.04. The lowest BCUT2D eigenvalue weighted by Crippen LogP contribution is -1.92. The highest BCUT2D eigenvalue weighted by atomic mass is 127. The molecule has 0 unspecified atom stereocenters. The van der Waals surface area contributed by atoms with Crippen molar-refractivity contribution in [2.24, 2.45) is 0 Å². The van der Waals surface area contributed by atoms with Crippen molar-refractivity contribution in [3.05, 3.63) is 31.9 Å². The van der Waals surface area contributed by atoms with Gasteiger partial charge in [-0.05, 0) is 41.1 Å². The van der Waals surface area contributed by atoms with Gasteiger partial charge in [-0.1, -0.05) is 11.6 Å². The van der Waals surface area contributed by atoms with Gasteiger partial charge < -0.3 is 0 Å². The molecule has 0 aliphatic rings. The van der Waals surface area contributed by atoms with Crippen LogP contribution in [0.3, 0.4) is 0 Å². The zero-order chi connectivity index (χ0) is 8.59. The van der Waals surface area contributed by atoms with Gasteiger partial charge >= 0.3 is 0 Å². The summed E-state index contributed by atoms with van der Waals surface area (Å²) in [6.45, 7) is 1.63. The van der Waals surface area contributed by atoms with Crippen molar-refractivity contribution in [2.45, 2.75) is 6.92 Å². The summed E-state index contributed by atoms with van der Waals surface area (Å²) in [5.41, 5.74) is 0.551. The Kier molecular flexibility index (Phi) is 2.70. The lowest BCUT2D eigenvalue weighted by atomic mass is 10.2. The average molecular weight is 288 g/mol. The maximum Gasteiger partial charge on any atom is 0.178 e. The summed E-state index contributed by atoms with van der Waals surface area (Å²) in [5.74, 6) is -1.84. The zero-order valence-corrected chi connectivity index (χ0v) is 8.50. The number of hydrogen-bond acceptors (Lipinski definition) is 0. The average Bonchev–Trinajstić information content (AvgIpc) is 1.97. The SMILES string of the molecule is Cc1cc(I)c(F)c(F)c1Cl. The van der Waals surface area contributed by atoms with Crippen LogP contribution in [-0.4, -0.2) is 0 Å². The fourth-order valence-corrected chi connectivity index (χ4v) is 1.53. The van der Waals surface area contributed by atoms with Crippen LogP contribution < -0.4 is 0 Å². The van der Waals surface area contributed by atoms with Crippen molar-refractivity contribution >= 4 is 34.2 Å². The molecule has 0 amide bonds. The Morgan fingerprint density at radius 1 is 1.36 bits per heavy atom. The van der Waals surface area contributed by atoms with E-state index in [-0.39, 0.29) is 8.59 Å². The number of rotatable bonds is 0. The Hall–Kier alpha value is 0.1000. The van der Waals surface area contributed by atoms with E-state index in [1.165, 1.54) is 6.07 Å². The third kappa shape index (κ3) is 1.64. The summed E-state index contributed by atoms with van der Waals surface area (Å²) in [4.78, 5) is 0. The Balaban J connectivity index is 3.46. The molecule has 0 spiro atoms. The Bertz CT molecular complexity index is 273. The van der Waals surface area contributed by atoms with E-state index in [9.17, 15) is 8.78 Å². The minimum absolute atomic E-state index is 0.136.